The minimum atomic E-state index is -1.01. The summed E-state index contributed by atoms with van der Waals surface area (Å²) in [5.74, 6) is -1.01. The number of allylic oxidation sites excluding steroid dienone is 1. The summed E-state index contributed by atoms with van der Waals surface area (Å²) >= 11 is 6.05. The van der Waals surface area contributed by atoms with Crippen molar-refractivity contribution in [2.45, 2.75) is 64.9 Å². The topological polar surface area (TPSA) is 66.8 Å². The van der Waals surface area contributed by atoms with Gasteiger partial charge in [0, 0.05) is 13.1 Å². The van der Waals surface area contributed by atoms with E-state index in [2.05, 4.69) is 12.7 Å². The molecule has 160 valence electrons. The Hall–Kier alpha value is -2.01. The summed E-state index contributed by atoms with van der Waals surface area (Å²) in [5, 5.41) is 9.34. The Labute approximate surface area is 178 Å². The third-order valence-corrected chi connectivity index (χ3v) is 5.81. The van der Waals surface area contributed by atoms with Gasteiger partial charge in [-0.3, -0.25) is 0 Å². The molecular formula is C23H32ClNO4. The van der Waals surface area contributed by atoms with Crippen LogP contribution in [0.25, 0.3) is 0 Å². The molecule has 1 heterocycles. The van der Waals surface area contributed by atoms with Crippen molar-refractivity contribution in [3.05, 3.63) is 47.0 Å². The molecule has 6 heteroatoms. The van der Waals surface area contributed by atoms with Crippen LogP contribution in [0, 0.1) is 5.41 Å². The number of benzene rings is 1. The number of carboxylic acids is 1. The highest BCUT2D eigenvalue weighted by Crippen LogP contribution is 2.38. The van der Waals surface area contributed by atoms with Gasteiger partial charge >= 0.3 is 12.1 Å². The first-order valence-electron chi connectivity index (χ1n) is 10.2. The number of carboxylic acid groups (broad SMARTS) is 1. The van der Waals surface area contributed by atoms with Gasteiger partial charge in [-0.25, -0.2) is 9.59 Å². The van der Waals surface area contributed by atoms with Crippen LogP contribution in [-0.2, 0) is 11.2 Å². The number of carbonyl (C=O) groups is 2. The molecule has 1 fully saturated rings. The van der Waals surface area contributed by atoms with Gasteiger partial charge in [-0.1, -0.05) is 30.2 Å². The van der Waals surface area contributed by atoms with E-state index in [1.807, 2.05) is 26.8 Å². The molecule has 0 spiro atoms. The molecule has 1 N–H and O–H groups in total. The van der Waals surface area contributed by atoms with Gasteiger partial charge in [-0.2, -0.15) is 0 Å². The molecular weight excluding hydrogens is 390 g/mol. The SMILES string of the molecule is C=CC1(CCCCc2ccc(C(=O)O)c(Cl)c2)CCN(C(=O)OC(C)(C)C)CC1. The van der Waals surface area contributed by atoms with Gasteiger partial charge in [-0.15, -0.1) is 6.58 Å². The predicted octanol–water partition coefficient (Wildman–Crippen LogP) is 5.95. The second-order valence-corrected chi connectivity index (χ2v) is 9.27. The molecule has 0 unspecified atom stereocenters. The average molecular weight is 422 g/mol. The Morgan fingerprint density at radius 2 is 1.93 bits per heavy atom. The van der Waals surface area contributed by atoms with Gasteiger partial charge < -0.3 is 14.7 Å². The number of aromatic carboxylic acids is 1. The highest BCUT2D eigenvalue weighted by atomic mass is 35.5. The molecule has 29 heavy (non-hydrogen) atoms. The summed E-state index contributed by atoms with van der Waals surface area (Å²) in [6, 6.07) is 5.14. The van der Waals surface area contributed by atoms with Crippen molar-refractivity contribution in [2.24, 2.45) is 5.41 Å². The van der Waals surface area contributed by atoms with Crippen LogP contribution >= 0.6 is 11.6 Å². The van der Waals surface area contributed by atoms with Crippen LogP contribution < -0.4 is 0 Å². The average Bonchev–Trinajstić information content (AvgIpc) is 2.64. The predicted molar refractivity (Wildman–Crippen MR) is 116 cm³/mol. The van der Waals surface area contributed by atoms with Crippen molar-refractivity contribution in [1.29, 1.82) is 0 Å². The number of amides is 1. The van der Waals surface area contributed by atoms with E-state index in [1.54, 1.807) is 17.0 Å². The van der Waals surface area contributed by atoms with Gasteiger partial charge in [0.05, 0.1) is 10.6 Å². The monoisotopic (exact) mass is 421 g/mol. The summed E-state index contributed by atoms with van der Waals surface area (Å²) in [6.07, 6.45) is 7.53. The van der Waals surface area contributed by atoms with Crippen molar-refractivity contribution < 1.29 is 19.4 Å². The van der Waals surface area contributed by atoms with Crippen molar-refractivity contribution in [3.63, 3.8) is 0 Å². The van der Waals surface area contributed by atoms with Gasteiger partial charge in [0.15, 0.2) is 0 Å². The molecule has 5 nitrogen and oxygen atoms in total. The second-order valence-electron chi connectivity index (χ2n) is 8.86. The molecule has 1 aromatic carbocycles. The number of carbonyl (C=O) groups excluding carboxylic acids is 1. The molecule has 1 aliphatic heterocycles. The summed E-state index contributed by atoms with van der Waals surface area (Å²) in [5.41, 5.74) is 0.768. The molecule has 0 radical (unpaired) electrons. The van der Waals surface area contributed by atoms with Crippen LogP contribution in [0.4, 0.5) is 4.79 Å². The zero-order valence-corrected chi connectivity index (χ0v) is 18.4. The zero-order chi connectivity index (χ0) is 21.7. The van der Waals surface area contributed by atoms with Gasteiger partial charge in [0.1, 0.15) is 5.60 Å². The number of halogens is 1. The smallest absolute Gasteiger partial charge is 0.410 e. The van der Waals surface area contributed by atoms with E-state index in [0.717, 1.165) is 44.1 Å². The number of aryl methyl sites for hydroxylation is 1. The normalized spacial score (nSPS) is 16.3. The van der Waals surface area contributed by atoms with Crippen LogP contribution in [0.5, 0.6) is 0 Å². The molecule has 0 aliphatic carbocycles. The van der Waals surface area contributed by atoms with E-state index < -0.39 is 11.6 Å². The van der Waals surface area contributed by atoms with Crippen molar-refractivity contribution >= 4 is 23.7 Å². The fourth-order valence-corrected chi connectivity index (χ4v) is 4.00. The van der Waals surface area contributed by atoms with Crippen LogP contribution in [0.15, 0.2) is 30.9 Å². The maximum atomic E-state index is 12.3. The molecule has 0 aromatic heterocycles. The minimum absolute atomic E-state index is 0.0589. The molecule has 0 atom stereocenters. The van der Waals surface area contributed by atoms with Crippen molar-refractivity contribution in [3.8, 4) is 0 Å². The number of rotatable bonds is 7. The molecule has 1 aliphatic rings. The van der Waals surface area contributed by atoms with Gasteiger partial charge in [0.25, 0.3) is 0 Å². The standard InChI is InChI=1S/C23H32ClNO4/c1-5-23(12-14-25(15-13-23)21(28)29-22(2,3)4)11-7-6-8-17-9-10-18(20(26)27)19(24)16-17/h5,9-10,16H,1,6-8,11-15H2,2-4H3,(H,26,27). The first-order valence-corrected chi connectivity index (χ1v) is 10.6. The summed E-state index contributed by atoms with van der Waals surface area (Å²) in [7, 11) is 0. The Bertz CT molecular complexity index is 746. The highest BCUT2D eigenvalue weighted by molar-refractivity contribution is 6.33. The molecule has 1 amide bonds. The van der Waals surface area contributed by atoms with Crippen molar-refractivity contribution in [1.82, 2.24) is 4.90 Å². The molecule has 2 rings (SSSR count). The maximum Gasteiger partial charge on any atom is 0.410 e. The lowest BCUT2D eigenvalue weighted by Crippen LogP contribution is -2.44. The highest BCUT2D eigenvalue weighted by Gasteiger charge is 2.34. The van der Waals surface area contributed by atoms with Crippen LogP contribution in [-0.4, -0.2) is 40.8 Å². The van der Waals surface area contributed by atoms with E-state index in [4.69, 9.17) is 21.4 Å². The van der Waals surface area contributed by atoms with Crippen molar-refractivity contribution in [2.75, 3.05) is 13.1 Å². The number of unbranched alkanes of at least 4 members (excludes halogenated alkanes) is 1. The van der Waals surface area contributed by atoms with E-state index in [-0.39, 0.29) is 22.1 Å². The molecule has 1 saturated heterocycles. The van der Waals surface area contributed by atoms with E-state index in [0.29, 0.717) is 13.1 Å². The maximum absolute atomic E-state index is 12.3. The Balaban J connectivity index is 1.81. The third kappa shape index (κ3) is 6.77. The number of nitrogens with zero attached hydrogens (tertiary/aromatic N) is 1. The zero-order valence-electron chi connectivity index (χ0n) is 17.7. The molecule has 0 saturated carbocycles. The first-order chi connectivity index (χ1) is 13.6. The fourth-order valence-electron chi connectivity index (χ4n) is 3.71. The third-order valence-electron chi connectivity index (χ3n) is 5.50. The van der Waals surface area contributed by atoms with Crippen LogP contribution in [0.2, 0.25) is 5.02 Å². The lowest BCUT2D eigenvalue weighted by Gasteiger charge is -2.40. The van der Waals surface area contributed by atoms with E-state index in [1.165, 1.54) is 0 Å². The molecule has 0 bridgehead atoms. The lowest BCUT2D eigenvalue weighted by molar-refractivity contribution is 0.0135. The number of hydrogen-bond acceptors (Lipinski definition) is 3. The van der Waals surface area contributed by atoms with E-state index in [9.17, 15) is 9.59 Å². The first kappa shape index (κ1) is 23.3. The Morgan fingerprint density at radius 1 is 1.28 bits per heavy atom. The summed E-state index contributed by atoms with van der Waals surface area (Å²) in [6.45, 7) is 11.1. The molecule has 1 aromatic rings. The Kier molecular flexibility index (Phi) is 7.75. The van der Waals surface area contributed by atoms with Crippen LogP contribution in [0.3, 0.4) is 0 Å². The number of hydrogen-bond donors (Lipinski definition) is 1. The number of likely N-dealkylation sites (tertiary alicyclic amines) is 1. The second kappa shape index (κ2) is 9.66. The van der Waals surface area contributed by atoms with Gasteiger partial charge in [0.2, 0.25) is 0 Å². The van der Waals surface area contributed by atoms with Crippen LogP contribution in [0.1, 0.15) is 68.8 Å². The number of ether oxygens (including phenoxy) is 1. The Morgan fingerprint density at radius 3 is 2.45 bits per heavy atom. The van der Waals surface area contributed by atoms with Gasteiger partial charge in [-0.05, 0) is 76.0 Å². The number of piperidine rings is 1. The quantitative estimate of drug-likeness (QED) is 0.436. The summed E-state index contributed by atoms with van der Waals surface area (Å²) < 4.78 is 5.47. The largest absolute Gasteiger partial charge is 0.478 e. The minimum Gasteiger partial charge on any atom is -0.478 e. The fraction of sp³-hybridized carbons (Fsp3) is 0.565. The van der Waals surface area contributed by atoms with E-state index >= 15 is 0 Å². The summed E-state index contributed by atoms with van der Waals surface area (Å²) in [4.78, 5) is 25.1. The lowest BCUT2D eigenvalue weighted by atomic mass is 9.74.